The van der Waals surface area contributed by atoms with Crippen molar-refractivity contribution in [2.24, 2.45) is 0 Å². The van der Waals surface area contributed by atoms with Crippen LogP contribution in [0.1, 0.15) is 6.92 Å². The van der Waals surface area contributed by atoms with Crippen molar-refractivity contribution < 1.29 is 13.2 Å². The molecular weight excluding hydrogens is 314 g/mol. The Bertz CT molecular complexity index is 764. The summed E-state index contributed by atoms with van der Waals surface area (Å²) in [6, 6.07) is 7.70. The number of nitrogens with zero attached hydrogens (tertiary/aromatic N) is 2. The number of anilines is 1. The van der Waals surface area contributed by atoms with Gasteiger partial charge in [0.25, 0.3) is 0 Å². The van der Waals surface area contributed by atoms with Crippen molar-refractivity contribution in [2.75, 3.05) is 43.3 Å². The summed E-state index contributed by atoms with van der Waals surface area (Å²) in [5.41, 5.74) is 1.74. The van der Waals surface area contributed by atoms with Crippen molar-refractivity contribution in [3.63, 3.8) is 0 Å². The fourth-order valence-corrected chi connectivity index (χ4v) is 3.41. The lowest BCUT2D eigenvalue weighted by atomic mass is 10.2. The first kappa shape index (κ1) is 16.3. The number of morpholine rings is 1. The third-order valence-corrected chi connectivity index (χ3v) is 5.49. The molecule has 0 aliphatic carbocycles. The van der Waals surface area contributed by atoms with Crippen LogP contribution in [0.3, 0.4) is 0 Å². The van der Waals surface area contributed by atoms with Crippen molar-refractivity contribution in [3.8, 4) is 0 Å². The highest BCUT2D eigenvalue weighted by Crippen LogP contribution is 2.21. The molecule has 1 aromatic carbocycles. The minimum absolute atomic E-state index is 0.0750. The van der Waals surface area contributed by atoms with Gasteiger partial charge in [-0.1, -0.05) is 0 Å². The van der Waals surface area contributed by atoms with E-state index in [2.05, 4.69) is 20.4 Å². The number of rotatable bonds is 6. The van der Waals surface area contributed by atoms with E-state index in [1.165, 1.54) is 0 Å². The number of sulfonamides is 1. The van der Waals surface area contributed by atoms with Crippen LogP contribution in [-0.2, 0) is 21.3 Å². The normalized spacial score (nSPS) is 16.7. The predicted molar refractivity (Wildman–Crippen MR) is 92.3 cm³/mol. The van der Waals surface area contributed by atoms with E-state index in [0.717, 1.165) is 50.3 Å². The molecule has 2 heterocycles. The summed E-state index contributed by atoms with van der Waals surface area (Å²) < 4.78 is 33.5. The summed E-state index contributed by atoms with van der Waals surface area (Å²) in [6.07, 6.45) is 2.06. The molecule has 0 saturated carbocycles. The maximum atomic E-state index is 11.7. The molecule has 0 bridgehead atoms. The molecule has 1 aliphatic rings. The molecule has 1 saturated heterocycles. The second kappa shape index (κ2) is 6.90. The number of benzene rings is 1. The molecule has 6 nitrogen and oxygen atoms in total. The van der Waals surface area contributed by atoms with E-state index in [1.807, 2.05) is 24.3 Å². The molecule has 1 N–H and O–H groups in total. The SMILES string of the molecule is CCS(=O)(=O)Nc1ccc2c(ccn2CCN2CCOCC2)c1. The summed E-state index contributed by atoms with van der Waals surface area (Å²) in [5.74, 6) is 0.0750. The van der Waals surface area contributed by atoms with Crippen molar-refractivity contribution in [2.45, 2.75) is 13.5 Å². The molecule has 0 spiro atoms. The van der Waals surface area contributed by atoms with E-state index in [9.17, 15) is 8.42 Å². The Morgan fingerprint density at radius 1 is 1.17 bits per heavy atom. The molecule has 1 aromatic heterocycles. The predicted octanol–water partition coefficient (Wildman–Crippen LogP) is 1.74. The van der Waals surface area contributed by atoms with Gasteiger partial charge in [-0.05, 0) is 31.2 Å². The summed E-state index contributed by atoms with van der Waals surface area (Å²) in [7, 11) is -3.23. The zero-order valence-corrected chi connectivity index (χ0v) is 14.2. The van der Waals surface area contributed by atoms with Crippen LogP contribution in [0.5, 0.6) is 0 Å². The van der Waals surface area contributed by atoms with Crippen molar-refractivity contribution in [1.82, 2.24) is 9.47 Å². The highest BCUT2D eigenvalue weighted by atomic mass is 32.2. The zero-order chi connectivity index (χ0) is 16.3. The van der Waals surface area contributed by atoms with Gasteiger partial charge in [0.05, 0.1) is 19.0 Å². The summed E-state index contributed by atoms with van der Waals surface area (Å²) in [5, 5.41) is 1.04. The molecule has 0 amide bonds. The molecule has 23 heavy (non-hydrogen) atoms. The first-order valence-corrected chi connectivity index (χ1v) is 9.62. The molecule has 126 valence electrons. The third kappa shape index (κ3) is 4.04. The number of nitrogens with one attached hydrogen (secondary N) is 1. The van der Waals surface area contributed by atoms with Gasteiger partial charge in [0, 0.05) is 49.0 Å². The van der Waals surface area contributed by atoms with Crippen molar-refractivity contribution in [1.29, 1.82) is 0 Å². The average Bonchev–Trinajstić information content (AvgIpc) is 2.96. The maximum absolute atomic E-state index is 11.7. The highest BCUT2D eigenvalue weighted by molar-refractivity contribution is 7.92. The Kier molecular flexibility index (Phi) is 4.89. The first-order valence-electron chi connectivity index (χ1n) is 7.97. The van der Waals surface area contributed by atoms with E-state index in [4.69, 9.17) is 4.74 Å². The van der Waals surface area contributed by atoms with Gasteiger partial charge in [-0.2, -0.15) is 0 Å². The van der Waals surface area contributed by atoms with E-state index in [0.29, 0.717) is 5.69 Å². The van der Waals surface area contributed by atoms with Gasteiger partial charge < -0.3 is 9.30 Å². The quantitative estimate of drug-likeness (QED) is 0.872. The molecular formula is C16H23N3O3S. The Labute approximate surface area is 137 Å². The standard InChI is InChI=1S/C16H23N3O3S/c1-2-23(20,21)17-15-3-4-16-14(13-15)5-6-19(16)8-7-18-9-11-22-12-10-18/h3-6,13,17H,2,7-12H2,1H3. The molecule has 0 unspecified atom stereocenters. The largest absolute Gasteiger partial charge is 0.379 e. The minimum atomic E-state index is -3.23. The van der Waals surface area contributed by atoms with E-state index in [1.54, 1.807) is 6.92 Å². The second-order valence-electron chi connectivity index (χ2n) is 5.74. The monoisotopic (exact) mass is 337 g/mol. The van der Waals surface area contributed by atoms with Gasteiger partial charge in [0.1, 0.15) is 0 Å². The number of fused-ring (bicyclic) bond motifs is 1. The average molecular weight is 337 g/mol. The Morgan fingerprint density at radius 3 is 2.70 bits per heavy atom. The highest BCUT2D eigenvalue weighted by Gasteiger charge is 2.11. The minimum Gasteiger partial charge on any atom is -0.379 e. The van der Waals surface area contributed by atoms with Crippen molar-refractivity contribution >= 4 is 26.6 Å². The van der Waals surface area contributed by atoms with E-state index < -0.39 is 10.0 Å². The van der Waals surface area contributed by atoms with Crippen LogP contribution < -0.4 is 4.72 Å². The molecule has 1 fully saturated rings. The van der Waals surface area contributed by atoms with Crippen LogP contribution in [0.2, 0.25) is 0 Å². The van der Waals surface area contributed by atoms with Crippen LogP contribution in [0.4, 0.5) is 5.69 Å². The number of hydrogen-bond donors (Lipinski definition) is 1. The number of hydrogen-bond acceptors (Lipinski definition) is 4. The van der Waals surface area contributed by atoms with Crippen LogP contribution in [-0.4, -0.2) is 56.5 Å². The Morgan fingerprint density at radius 2 is 1.96 bits per heavy atom. The number of ether oxygens (including phenoxy) is 1. The maximum Gasteiger partial charge on any atom is 0.232 e. The summed E-state index contributed by atoms with van der Waals surface area (Å²) >= 11 is 0. The molecule has 0 radical (unpaired) electrons. The molecule has 3 rings (SSSR count). The topological polar surface area (TPSA) is 63.6 Å². The van der Waals surface area contributed by atoms with Crippen LogP contribution in [0, 0.1) is 0 Å². The zero-order valence-electron chi connectivity index (χ0n) is 13.4. The summed E-state index contributed by atoms with van der Waals surface area (Å²) in [6.45, 7) is 7.15. The van der Waals surface area contributed by atoms with Gasteiger partial charge in [-0.25, -0.2) is 8.42 Å². The van der Waals surface area contributed by atoms with Gasteiger partial charge in [-0.15, -0.1) is 0 Å². The van der Waals surface area contributed by atoms with Crippen LogP contribution in [0.25, 0.3) is 10.9 Å². The lowest BCUT2D eigenvalue weighted by Gasteiger charge is -2.26. The third-order valence-electron chi connectivity index (χ3n) is 4.19. The molecule has 0 atom stereocenters. The van der Waals surface area contributed by atoms with E-state index >= 15 is 0 Å². The lowest BCUT2D eigenvalue weighted by Crippen LogP contribution is -2.38. The summed E-state index contributed by atoms with van der Waals surface area (Å²) in [4.78, 5) is 2.40. The van der Waals surface area contributed by atoms with Crippen LogP contribution in [0.15, 0.2) is 30.5 Å². The fraction of sp³-hybridized carbons (Fsp3) is 0.500. The smallest absolute Gasteiger partial charge is 0.232 e. The number of aromatic nitrogens is 1. The van der Waals surface area contributed by atoms with E-state index in [-0.39, 0.29) is 5.75 Å². The Balaban J connectivity index is 1.71. The van der Waals surface area contributed by atoms with Gasteiger partial charge in [0.15, 0.2) is 0 Å². The molecule has 2 aromatic rings. The lowest BCUT2D eigenvalue weighted by molar-refractivity contribution is 0.0365. The molecule has 7 heteroatoms. The Hall–Kier alpha value is -1.57. The van der Waals surface area contributed by atoms with Crippen molar-refractivity contribution in [3.05, 3.63) is 30.5 Å². The van der Waals surface area contributed by atoms with Gasteiger partial charge in [0.2, 0.25) is 10.0 Å². The fourth-order valence-electron chi connectivity index (χ4n) is 2.78. The molecule has 1 aliphatic heterocycles. The van der Waals surface area contributed by atoms with Gasteiger partial charge >= 0.3 is 0 Å². The van der Waals surface area contributed by atoms with Crippen LogP contribution >= 0.6 is 0 Å². The second-order valence-corrected chi connectivity index (χ2v) is 7.75. The van der Waals surface area contributed by atoms with Gasteiger partial charge in [-0.3, -0.25) is 9.62 Å². The first-order chi connectivity index (χ1) is 11.1.